The summed E-state index contributed by atoms with van der Waals surface area (Å²) in [5.41, 5.74) is 13.9. The van der Waals surface area contributed by atoms with Crippen molar-refractivity contribution in [1.29, 1.82) is 0 Å². The Morgan fingerprint density at radius 2 is 1.08 bits per heavy atom. The summed E-state index contributed by atoms with van der Waals surface area (Å²) in [6.07, 6.45) is 0. The maximum Gasteiger partial charge on any atom is 0.145 e. The van der Waals surface area contributed by atoms with E-state index in [9.17, 15) is 0 Å². The zero-order chi connectivity index (χ0) is 34.9. The predicted molar refractivity (Wildman–Crippen MR) is 219 cm³/mol. The molecule has 0 atom stereocenters. The highest BCUT2D eigenvalue weighted by atomic mass is 16.3. The van der Waals surface area contributed by atoms with Gasteiger partial charge >= 0.3 is 0 Å². The number of imidazole rings is 1. The summed E-state index contributed by atoms with van der Waals surface area (Å²) in [5, 5.41) is 4.67. The molecule has 4 nitrogen and oxygen atoms in total. The number of aromatic nitrogens is 3. The van der Waals surface area contributed by atoms with E-state index in [1.165, 1.54) is 16.3 Å². The topological polar surface area (TPSA) is 35.9 Å². The zero-order valence-electron chi connectivity index (χ0n) is 28.6. The lowest BCUT2D eigenvalue weighted by Crippen LogP contribution is -2.01. The fourth-order valence-corrected chi connectivity index (χ4v) is 8.17. The summed E-state index contributed by atoms with van der Waals surface area (Å²) in [7, 11) is 0. The number of hydrogen-bond donors (Lipinski definition) is 0. The lowest BCUT2D eigenvalue weighted by atomic mass is 10.0. The van der Waals surface area contributed by atoms with Crippen LogP contribution in [0.3, 0.4) is 0 Å². The summed E-state index contributed by atoms with van der Waals surface area (Å²) in [4.78, 5) is 5.27. The van der Waals surface area contributed by atoms with E-state index in [-0.39, 0.29) is 0 Å². The Hall–Kier alpha value is -7.17. The number of para-hydroxylation sites is 6. The van der Waals surface area contributed by atoms with Crippen molar-refractivity contribution in [3.63, 3.8) is 0 Å². The number of hydrogen-bond acceptors (Lipinski definition) is 2. The lowest BCUT2D eigenvalue weighted by molar-refractivity contribution is 0.670. The fourth-order valence-electron chi connectivity index (χ4n) is 8.17. The van der Waals surface area contributed by atoms with Gasteiger partial charge in [-0.1, -0.05) is 133 Å². The Morgan fingerprint density at radius 3 is 2.00 bits per heavy atom. The smallest absolute Gasteiger partial charge is 0.145 e. The van der Waals surface area contributed by atoms with E-state index in [4.69, 9.17) is 9.40 Å². The van der Waals surface area contributed by atoms with E-state index in [1.807, 2.05) is 12.1 Å². The van der Waals surface area contributed by atoms with Gasteiger partial charge in [-0.25, -0.2) is 4.98 Å². The molecule has 0 bridgehead atoms. The molecule has 248 valence electrons. The van der Waals surface area contributed by atoms with E-state index in [1.54, 1.807) is 0 Å². The highest BCUT2D eigenvalue weighted by Gasteiger charge is 2.20. The molecule has 3 aromatic heterocycles. The van der Waals surface area contributed by atoms with Gasteiger partial charge < -0.3 is 8.98 Å². The molecule has 0 saturated heterocycles. The van der Waals surface area contributed by atoms with Crippen molar-refractivity contribution >= 4 is 54.8 Å². The number of fused-ring (bicyclic) bond motifs is 7. The van der Waals surface area contributed by atoms with Gasteiger partial charge in [-0.2, -0.15) is 0 Å². The van der Waals surface area contributed by atoms with Crippen molar-refractivity contribution in [3.8, 4) is 45.0 Å². The Kier molecular flexibility index (Phi) is 6.52. The van der Waals surface area contributed by atoms with E-state index >= 15 is 0 Å². The van der Waals surface area contributed by atoms with Gasteiger partial charge in [-0.3, -0.25) is 4.57 Å². The third-order valence-electron chi connectivity index (χ3n) is 10.5. The van der Waals surface area contributed by atoms with Crippen molar-refractivity contribution in [3.05, 3.63) is 188 Å². The first-order valence-electron chi connectivity index (χ1n) is 18.0. The molecule has 0 aliphatic heterocycles. The molecular formula is C49H31N3O. The third-order valence-corrected chi connectivity index (χ3v) is 10.5. The van der Waals surface area contributed by atoms with Gasteiger partial charge in [-0.15, -0.1) is 0 Å². The molecule has 0 unspecified atom stereocenters. The van der Waals surface area contributed by atoms with Crippen LogP contribution in [-0.4, -0.2) is 14.1 Å². The van der Waals surface area contributed by atoms with Crippen LogP contribution in [-0.2, 0) is 0 Å². The van der Waals surface area contributed by atoms with Crippen molar-refractivity contribution < 1.29 is 4.42 Å². The molecule has 0 saturated carbocycles. The molecular weight excluding hydrogens is 647 g/mol. The quantitative estimate of drug-likeness (QED) is 0.182. The summed E-state index contributed by atoms with van der Waals surface area (Å²) >= 11 is 0. The lowest BCUT2D eigenvalue weighted by Gasteiger charge is -2.16. The summed E-state index contributed by atoms with van der Waals surface area (Å²) in [6.45, 7) is 0. The summed E-state index contributed by atoms with van der Waals surface area (Å²) < 4.78 is 11.1. The monoisotopic (exact) mass is 677 g/mol. The minimum absolute atomic E-state index is 0.901. The van der Waals surface area contributed by atoms with Crippen LogP contribution in [0.4, 0.5) is 0 Å². The zero-order valence-corrected chi connectivity index (χ0v) is 28.6. The van der Waals surface area contributed by atoms with Gasteiger partial charge in [0.2, 0.25) is 0 Å². The van der Waals surface area contributed by atoms with Crippen molar-refractivity contribution in [2.24, 2.45) is 0 Å². The van der Waals surface area contributed by atoms with Crippen LogP contribution in [0.2, 0.25) is 0 Å². The van der Waals surface area contributed by atoms with E-state index in [0.29, 0.717) is 0 Å². The average molecular weight is 678 g/mol. The second-order valence-electron chi connectivity index (χ2n) is 13.6. The number of nitrogens with zero attached hydrogens (tertiary/aromatic N) is 3. The number of rotatable bonds is 5. The first-order valence-corrected chi connectivity index (χ1v) is 18.0. The van der Waals surface area contributed by atoms with Gasteiger partial charge in [0, 0.05) is 43.9 Å². The van der Waals surface area contributed by atoms with Crippen LogP contribution in [0.15, 0.2) is 192 Å². The third kappa shape index (κ3) is 4.59. The second kappa shape index (κ2) is 11.7. The van der Waals surface area contributed by atoms with Crippen LogP contribution in [0.1, 0.15) is 0 Å². The van der Waals surface area contributed by atoms with Gasteiger partial charge in [0.15, 0.2) is 0 Å². The van der Waals surface area contributed by atoms with Crippen molar-refractivity contribution in [1.82, 2.24) is 14.1 Å². The van der Waals surface area contributed by atoms with Gasteiger partial charge in [-0.05, 0) is 65.7 Å². The SMILES string of the molecule is c1ccc(-c2ccccc2-n2c(-c3cccc(-n4c5ccccc5c5cc(-c6cccc7c6oc6ccccc67)ccc54)c3)nc3ccccc32)cc1. The molecule has 0 N–H and O–H groups in total. The Bertz CT molecular complexity index is 3180. The molecule has 0 fully saturated rings. The molecule has 3 heterocycles. The van der Waals surface area contributed by atoms with Gasteiger partial charge in [0.1, 0.15) is 17.0 Å². The molecule has 0 aliphatic carbocycles. The van der Waals surface area contributed by atoms with Crippen molar-refractivity contribution in [2.75, 3.05) is 0 Å². The second-order valence-corrected chi connectivity index (χ2v) is 13.6. The summed E-state index contributed by atoms with van der Waals surface area (Å²) in [6, 6.07) is 66.6. The molecule has 0 radical (unpaired) electrons. The maximum atomic E-state index is 6.45. The average Bonchev–Trinajstić information content (AvgIpc) is 3.91. The molecule has 0 amide bonds. The highest BCUT2D eigenvalue weighted by Crippen LogP contribution is 2.40. The minimum atomic E-state index is 0.901. The van der Waals surface area contributed by atoms with Crippen LogP contribution in [0, 0.1) is 0 Å². The van der Waals surface area contributed by atoms with Gasteiger partial charge in [0.25, 0.3) is 0 Å². The fraction of sp³-hybridized carbons (Fsp3) is 0. The molecule has 11 rings (SSSR count). The minimum Gasteiger partial charge on any atom is -0.455 e. The largest absolute Gasteiger partial charge is 0.455 e. The molecule has 8 aromatic carbocycles. The van der Waals surface area contributed by atoms with Crippen molar-refractivity contribution in [2.45, 2.75) is 0 Å². The molecule has 4 heteroatoms. The molecule has 53 heavy (non-hydrogen) atoms. The van der Waals surface area contributed by atoms with E-state index < -0.39 is 0 Å². The van der Waals surface area contributed by atoms with E-state index in [2.05, 4.69) is 185 Å². The normalized spacial score (nSPS) is 11.8. The number of benzene rings is 8. The predicted octanol–water partition coefficient (Wildman–Crippen LogP) is 13.0. The van der Waals surface area contributed by atoms with Crippen LogP contribution < -0.4 is 0 Å². The Morgan fingerprint density at radius 1 is 0.396 bits per heavy atom. The van der Waals surface area contributed by atoms with E-state index in [0.717, 1.165) is 83.5 Å². The van der Waals surface area contributed by atoms with Crippen LogP contribution in [0.25, 0.3) is 99.8 Å². The van der Waals surface area contributed by atoms with Crippen LogP contribution >= 0.6 is 0 Å². The standard InChI is InChI=1S/C49H31N3O/c1-2-14-32(15-3-1)36-18-4-8-24-43(36)52-46-26-10-7-23-42(46)50-49(52)34-16-12-17-35(30-34)51-44-25-9-5-19-38(44)41-31-33(28-29-45(41)51)37-21-13-22-40-39-20-6-11-27-47(39)53-48(37)40/h1-31H. The molecule has 0 spiro atoms. The maximum absolute atomic E-state index is 6.45. The molecule has 11 aromatic rings. The van der Waals surface area contributed by atoms with Crippen LogP contribution in [0.5, 0.6) is 0 Å². The first kappa shape index (κ1) is 29.5. The summed E-state index contributed by atoms with van der Waals surface area (Å²) in [5.74, 6) is 0.901. The Labute approximate surface area is 305 Å². The Balaban J connectivity index is 1.10. The first-order chi connectivity index (χ1) is 26.3. The number of furan rings is 1. The van der Waals surface area contributed by atoms with Gasteiger partial charge in [0.05, 0.1) is 27.8 Å². The highest BCUT2D eigenvalue weighted by molar-refractivity contribution is 6.13. The molecule has 0 aliphatic rings.